The van der Waals surface area contributed by atoms with Crippen LogP contribution in [-0.4, -0.2) is 54.3 Å². The van der Waals surface area contributed by atoms with Gasteiger partial charge in [0.1, 0.15) is 40.1 Å². The summed E-state index contributed by atoms with van der Waals surface area (Å²) in [6, 6.07) is 22.6. The molecule has 0 unspecified atom stereocenters. The van der Waals surface area contributed by atoms with Gasteiger partial charge in [0.2, 0.25) is 20.0 Å². The average Bonchev–Trinajstić information content (AvgIpc) is 3.09. The van der Waals surface area contributed by atoms with Gasteiger partial charge in [-0.3, -0.25) is 19.6 Å². The number of benzene rings is 5. The second-order valence-electron chi connectivity index (χ2n) is 11.0. The number of nitrogens with one attached hydrogen (secondary N) is 2. The van der Waals surface area contributed by atoms with E-state index in [2.05, 4.69) is 30.5 Å². The van der Waals surface area contributed by atoms with Crippen LogP contribution < -0.4 is 44.7 Å². The van der Waals surface area contributed by atoms with Crippen LogP contribution in [0.25, 0.3) is 10.8 Å². The van der Waals surface area contributed by atoms with Crippen LogP contribution >= 0.6 is 0 Å². The summed E-state index contributed by atoms with van der Waals surface area (Å²) in [6.07, 6.45) is 0.983. The molecule has 0 radical (unpaired) electrons. The Bertz CT molecular complexity index is 2570. The molecule has 0 heterocycles. The van der Waals surface area contributed by atoms with Gasteiger partial charge in [-0.2, -0.15) is 0 Å². The van der Waals surface area contributed by atoms with Crippen LogP contribution in [0, 0.1) is 10.1 Å². The number of phenolic OH excluding ortho intramolecular Hbond substituents is 3. The number of hydrogen-bond donors (Lipinski definition) is 7. The Hall–Kier alpha value is -5.44. The van der Waals surface area contributed by atoms with Gasteiger partial charge in [0.15, 0.2) is 5.70 Å². The molecule has 5 aromatic rings. The fraction of sp³-hybridized carbons (Fsp3) is 0.0606. The fourth-order valence-electron chi connectivity index (χ4n) is 4.40. The number of aliphatic hydroxyl groups is 1. The maximum atomic E-state index is 12.2. The Labute approximate surface area is 352 Å². The van der Waals surface area contributed by atoms with Gasteiger partial charge in [-0.05, 0) is 60.8 Å². The summed E-state index contributed by atoms with van der Waals surface area (Å²) in [5.74, 6) is -2.15. The molecule has 0 spiro atoms. The molecule has 5 aromatic carbocycles. The van der Waals surface area contributed by atoms with Crippen LogP contribution in [0.1, 0.15) is 6.92 Å². The molecule has 286 valence electrons. The molecule has 56 heavy (non-hydrogen) atoms. The predicted octanol–water partition coefficient (Wildman–Crippen LogP) is 3.50. The van der Waals surface area contributed by atoms with E-state index in [1.807, 2.05) is 0 Å². The Morgan fingerprint density at radius 3 is 2.00 bits per heavy atom. The Balaban J connectivity index is 0.000000375. The van der Waals surface area contributed by atoms with E-state index in [0.717, 1.165) is 42.7 Å². The molecule has 0 saturated carbocycles. The van der Waals surface area contributed by atoms with Crippen molar-refractivity contribution >= 4 is 70.9 Å². The molecule has 0 aromatic heterocycles. The molecule has 5 rings (SSSR count). The third kappa shape index (κ3) is 12.8. The first-order valence-corrected chi connectivity index (χ1v) is 18.4. The summed E-state index contributed by atoms with van der Waals surface area (Å²) < 4.78 is 48.4. The van der Waals surface area contributed by atoms with Crippen molar-refractivity contribution in [3.05, 3.63) is 119 Å². The molecule has 0 aliphatic carbocycles. The maximum Gasteiger partial charge on any atom is 1.00 e. The number of para-hydroxylation sites is 1. The van der Waals surface area contributed by atoms with Gasteiger partial charge in [-0.25, -0.2) is 22.0 Å². The fourth-order valence-corrected chi connectivity index (χ4v) is 5.51. The van der Waals surface area contributed by atoms with Gasteiger partial charge in [0.25, 0.3) is 11.6 Å². The molecule has 19 nitrogen and oxygen atoms in total. The number of carbonyl (C=O) groups excluding carboxylic acids is 1. The number of rotatable bonds is 10. The Morgan fingerprint density at radius 2 is 1.41 bits per heavy atom. The van der Waals surface area contributed by atoms with Crippen molar-refractivity contribution in [3.63, 3.8) is 0 Å². The number of nitrogens with zero attached hydrogens (tertiary/aromatic N) is 5. The van der Waals surface area contributed by atoms with Crippen molar-refractivity contribution in [2.45, 2.75) is 11.8 Å². The van der Waals surface area contributed by atoms with E-state index >= 15 is 0 Å². The van der Waals surface area contributed by atoms with Crippen molar-refractivity contribution in [2.24, 2.45) is 25.6 Å². The molecule has 0 atom stereocenters. The molecular weight excluding hydrogens is 824 g/mol. The molecule has 1 amide bonds. The zero-order valence-electron chi connectivity index (χ0n) is 29.4. The third-order valence-corrected chi connectivity index (χ3v) is 8.34. The number of hydrogen-bond acceptors (Lipinski definition) is 15. The maximum absolute atomic E-state index is 12.2. The number of azo groups is 2. The van der Waals surface area contributed by atoms with Crippen LogP contribution in [0.2, 0.25) is 0 Å². The van der Waals surface area contributed by atoms with Gasteiger partial charge < -0.3 is 25.7 Å². The third-order valence-electron chi connectivity index (χ3n) is 6.84. The molecule has 0 bridgehead atoms. The number of fused-ring (bicyclic) bond motifs is 1. The van der Waals surface area contributed by atoms with E-state index in [4.69, 9.17) is 5.14 Å². The first kappa shape index (κ1) is 46.7. The number of non-ortho nitro benzene ring substituents is 1. The van der Waals surface area contributed by atoms with E-state index in [-0.39, 0.29) is 103 Å². The smallest absolute Gasteiger partial charge is 0.510 e. The summed E-state index contributed by atoms with van der Waals surface area (Å²) >= 11 is 0. The number of nitrogens with two attached hydrogens (primary N) is 1. The van der Waals surface area contributed by atoms with Crippen molar-refractivity contribution in [1.82, 2.24) is 0 Å². The summed E-state index contributed by atoms with van der Waals surface area (Å²) in [5.41, 5.74) is -0.529. The normalized spacial score (nSPS) is 11.8. The van der Waals surface area contributed by atoms with Crippen LogP contribution in [0.4, 0.5) is 34.1 Å². The van der Waals surface area contributed by atoms with Crippen molar-refractivity contribution < 1.29 is 93.9 Å². The van der Waals surface area contributed by atoms with Crippen LogP contribution in [0.5, 0.6) is 17.2 Å². The van der Waals surface area contributed by atoms with E-state index in [1.165, 1.54) is 19.1 Å². The van der Waals surface area contributed by atoms with Gasteiger partial charge in [0.05, 0.1) is 21.8 Å². The van der Waals surface area contributed by atoms with Crippen molar-refractivity contribution in [3.8, 4) is 17.2 Å². The number of primary sulfonamides is 1. The summed E-state index contributed by atoms with van der Waals surface area (Å²) in [5, 5.41) is 73.8. The number of sulfonamides is 2. The summed E-state index contributed by atoms with van der Waals surface area (Å²) in [7, 11) is -7.61. The standard InChI is InChI=1S/C17H14N4O6S.C16H16N4O5S.Cr.Na/c1-28(26,27)20-12-4-2-3-10-5-7-15(23)17(16(10)12)19-18-13-9-11(21(24)25)6-8-14(13)22;1-10(21)15(16(23)18-11-5-3-2-4-6-11)20-19-13-9-12(26(17,24)25)7-8-14(13)22;;/h2-9,20,22-23H,1H3;2-9,21-22H,1H3,(H,18,23)(H2,17,24,25);;/q;;;+1. The van der Waals surface area contributed by atoms with Crippen molar-refractivity contribution in [2.75, 3.05) is 16.3 Å². The number of nitro groups is 1. The largest absolute Gasteiger partial charge is 1.00 e. The zero-order chi connectivity index (χ0) is 39.8. The van der Waals surface area contributed by atoms with E-state index in [0.29, 0.717) is 11.1 Å². The molecule has 0 aliphatic heterocycles. The van der Waals surface area contributed by atoms with Crippen molar-refractivity contribution in [1.29, 1.82) is 0 Å². The zero-order valence-corrected chi connectivity index (χ0v) is 34.3. The topological polar surface area (TPSA) is 309 Å². The van der Waals surface area contributed by atoms with E-state index in [9.17, 15) is 52.2 Å². The minimum atomic E-state index is -4.01. The van der Waals surface area contributed by atoms with E-state index < -0.39 is 42.3 Å². The second-order valence-corrected chi connectivity index (χ2v) is 14.3. The van der Waals surface area contributed by atoms with Gasteiger partial charge in [0, 0.05) is 40.6 Å². The molecule has 0 aliphatic rings. The minimum absolute atomic E-state index is 0. The van der Waals surface area contributed by atoms with Gasteiger partial charge in [-0.1, -0.05) is 36.4 Å². The van der Waals surface area contributed by atoms with E-state index in [1.54, 1.807) is 48.5 Å². The number of aliphatic hydroxyl groups excluding tert-OH is 1. The number of allylic oxidation sites excluding steroid dienone is 1. The SMILES string of the molecule is CC(O)=C(N=Nc1cc(S(N)(=O)=O)ccc1O)C(=O)Nc1ccccc1.CS(=O)(=O)Nc1cccc2ccc(O)c(N=Nc3cc([N+](=O)[O-])ccc3O)c12.[Cr].[Na+]. The van der Waals surface area contributed by atoms with Gasteiger partial charge >= 0.3 is 29.6 Å². The predicted molar refractivity (Wildman–Crippen MR) is 197 cm³/mol. The molecule has 23 heteroatoms. The molecule has 0 saturated heterocycles. The number of amides is 1. The van der Waals surface area contributed by atoms with Crippen LogP contribution in [0.3, 0.4) is 0 Å². The van der Waals surface area contributed by atoms with Gasteiger partial charge in [-0.15, -0.1) is 20.5 Å². The molecule has 0 fully saturated rings. The minimum Gasteiger partial charge on any atom is -0.510 e. The monoisotopic (exact) mass is 853 g/mol. The van der Waals surface area contributed by atoms with Crippen LogP contribution in [-0.2, 0) is 42.2 Å². The second kappa shape index (κ2) is 19.9. The first-order chi connectivity index (χ1) is 25.3. The summed E-state index contributed by atoms with van der Waals surface area (Å²) in [4.78, 5) is 22.2. The molecule has 8 N–H and O–H groups in total. The number of anilines is 2. The summed E-state index contributed by atoms with van der Waals surface area (Å²) in [6.45, 7) is 1.24. The number of aromatic hydroxyl groups is 3. The average molecular weight is 854 g/mol. The number of nitro benzene ring substituents is 1. The Kier molecular flexibility index (Phi) is 16.6. The number of phenols is 3. The quantitative estimate of drug-likeness (QED) is 0.0266. The first-order valence-electron chi connectivity index (χ1n) is 15.0. The molecular formula is C33H30CrN8NaO11S2+. The Morgan fingerprint density at radius 1 is 0.804 bits per heavy atom. The van der Waals surface area contributed by atoms with Crippen LogP contribution in [0.15, 0.2) is 134 Å². The number of carbonyl (C=O) groups is 1.